The predicted molar refractivity (Wildman–Crippen MR) is 61.7 cm³/mol. The Morgan fingerprint density at radius 2 is 1.73 bits per heavy atom. The average Bonchev–Trinajstić information content (AvgIpc) is 2.17. The summed E-state index contributed by atoms with van der Waals surface area (Å²) in [6, 6.07) is 0. The van der Waals surface area contributed by atoms with E-state index in [1.807, 2.05) is 13.8 Å². The van der Waals surface area contributed by atoms with Crippen LogP contribution in [0.2, 0.25) is 0 Å². The van der Waals surface area contributed by atoms with Crippen molar-refractivity contribution >= 4 is 0 Å². The maximum atomic E-state index is 12.9. The van der Waals surface area contributed by atoms with Gasteiger partial charge in [-0.05, 0) is 12.2 Å². The Balaban J connectivity index is 4.54. The van der Waals surface area contributed by atoms with Gasteiger partial charge in [-0.15, -0.1) is 6.58 Å². The molecule has 0 radical (unpaired) electrons. The van der Waals surface area contributed by atoms with Crippen LogP contribution in [0, 0.1) is 5.41 Å². The molecule has 0 aliphatic heterocycles. The highest BCUT2D eigenvalue weighted by atomic mass is 19.1. The van der Waals surface area contributed by atoms with Crippen LogP contribution in [0.25, 0.3) is 0 Å². The van der Waals surface area contributed by atoms with Crippen LogP contribution >= 0.6 is 0 Å². The second-order valence-electron chi connectivity index (χ2n) is 3.67. The summed E-state index contributed by atoms with van der Waals surface area (Å²) >= 11 is 0. The van der Waals surface area contributed by atoms with Crippen molar-refractivity contribution in [3.05, 3.63) is 61.3 Å². The van der Waals surface area contributed by atoms with E-state index in [0.717, 1.165) is 12.2 Å². The van der Waals surface area contributed by atoms with E-state index in [9.17, 15) is 8.78 Å². The van der Waals surface area contributed by atoms with Gasteiger partial charge in [0.05, 0.1) is 0 Å². The largest absolute Gasteiger partial charge is 0.207 e. The second-order valence-corrected chi connectivity index (χ2v) is 3.67. The summed E-state index contributed by atoms with van der Waals surface area (Å²) in [7, 11) is 0. The molecule has 0 saturated heterocycles. The highest BCUT2D eigenvalue weighted by molar-refractivity contribution is 5.24. The van der Waals surface area contributed by atoms with E-state index in [0.29, 0.717) is 0 Å². The summed E-state index contributed by atoms with van der Waals surface area (Å²) in [5, 5.41) is 0. The zero-order valence-electron chi connectivity index (χ0n) is 9.13. The highest BCUT2D eigenvalue weighted by Gasteiger charge is 2.05. The van der Waals surface area contributed by atoms with Crippen molar-refractivity contribution in [1.82, 2.24) is 0 Å². The maximum Gasteiger partial charge on any atom is 0.126 e. The normalized spacial score (nSPS) is 14.4. The van der Waals surface area contributed by atoms with Crippen LogP contribution < -0.4 is 0 Å². The molecule has 0 spiro atoms. The molecule has 0 heterocycles. The van der Waals surface area contributed by atoms with E-state index in [1.165, 1.54) is 12.2 Å². The van der Waals surface area contributed by atoms with Crippen molar-refractivity contribution in [3.63, 3.8) is 0 Å². The van der Waals surface area contributed by atoms with E-state index in [1.54, 1.807) is 12.2 Å². The van der Waals surface area contributed by atoms with Crippen LogP contribution in [-0.2, 0) is 0 Å². The van der Waals surface area contributed by atoms with Crippen molar-refractivity contribution in [3.8, 4) is 0 Å². The first kappa shape index (κ1) is 13.6. The van der Waals surface area contributed by atoms with Crippen molar-refractivity contribution < 1.29 is 8.78 Å². The molecule has 15 heavy (non-hydrogen) atoms. The standard InChI is InChI=1S/C13H16F2/c1-5-11(14)10-12(15)8-7-9-13(3,4)6-2/h5-10H,1-2H2,3-4H3/b9-7+,11-10+,12-8+. The molecule has 0 atom stereocenters. The van der Waals surface area contributed by atoms with Crippen LogP contribution in [0.4, 0.5) is 8.78 Å². The monoisotopic (exact) mass is 210 g/mol. The smallest absolute Gasteiger partial charge is 0.126 e. The van der Waals surface area contributed by atoms with E-state index in [2.05, 4.69) is 13.2 Å². The fourth-order valence-corrected chi connectivity index (χ4v) is 0.695. The lowest BCUT2D eigenvalue weighted by molar-refractivity contribution is 0.624. The third-order valence-corrected chi connectivity index (χ3v) is 1.78. The van der Waals surface area contributed by atoms with Crippen molar-refractivity contribution in [2.24, 2.45) is 5.41 Å². The van der Waals surface area contributed by atoms with Crippen LogP contribution in [0.1, 0.15) is 13.8 Å². The zero-order valence-corrected chi connectivity index (χ0v) is 9.13. The fraction of sp³-hybridized carbons (Fsp3) is 0.231. The Labute approximate surface area is 90.0 Å². The van der Waals surface area contributed by atoms with Crippen molar-refractivity contribution in [2.45, 2.75) is 13.8 Å². The maximum absolute atomic E-state index is 12.9. The summed E-state index contributed by atoms with van der Waals surface area (Å²) in [4.78, 5) is 0. The quantitative estimate of drug-likeness (QED) is 0.457. The van der Waals surface area contributed by atoms with Gasteiger partial charge < -0.3 is 0 Å². The summed E-state index contributed by atoms with van der Waals surface area (Å²) in [5.41, 5.74) is -0.197. The van der Waals surface area contributed by atoms with Gasteiger partial charge in [-0.3, -0.25) is 0 Å². The van der Waals surface area contributed by atoms with E-state index in [4.69, 9.17) is 0 Å². The minimum absolute atomic E-state index is 0.197. The molecule has 0 bridgehead atoms. The van der Waals surface area contributed by atoms with Gasteiger partial charge in [0.2, 0.25) is 0 Å². The SMILES string of the molecule is C=C\C(F)=C/C(F)=C\C=C\C(C)(C)C=C. The third kappa shape index (κ3) is 6.61. The van der Waals surface area contributed by atoms with Gasteiger partial charge in [-0.1, -0.05) is 38.7 Å². The Hall–Kier alpha value is -1.44. The fourth-order valence-electron chi connectivity index (χ4n) is 0.695. The van der Waals surface area contributed by atoms with E-state index in [-0.39, 0.29) is 5.41 Å². The van der Waals surface area contributed by atoms with E-state index >= 15 is 0 Å². The number of halogens is 2. The first-order valence-corrected chi connectivity index (χ1v) is 4.59. The first-order valence-electron chi connectivity index (χ1n) is 4.59. The van der Waals surface area contributed by atoms with Crippen molar-refractivity contribution in [2.75, 3.05) is 0 Å². The number of rotatable bonds is 5. The molecule has 82 valence electrons. The molecule has 0 rings (SSSR count). The second kappa shape index (κ2) is 6.12. The Bertz CT molecular complexity index is 317. The molecule has 0 aliphatic carbocycles. The summed E-state index contributed by atoms with van der Waals surface area (Å²) < 4.78 is 25.5. The summed E-state index contributed by atoms with van der Waals surface area (Å²) in [5.74, 6) is -1.34. The Morgan fingerprint density at radius 3 is 2.20 bits per heavy atom. The summed E-state index contributed by atoms with van der Waals surface area (Å²) in [6.07, 6.45) is 7.97. The molecule has 0 aromatic rings. The van der Waals surface area contributed by atoms with Gasteiger partial charge in [0.25, 0.3) is 0 Å². The Kier molecular flexibility index (Phi) is 5.53. The molecule has 2 heteroatoms. The van der Waals surface area contributed by atoms with Crippen LogP contribution in [0.15, 0.2) is 61.3 Å². The summed E-state index contributed by atoms with van der Waals surface area (Å²) in [6.45, 7) is 10.7. The van der Waals surface area contributed by atoms with Gasteiger partial charge in [-0.2, -0.15) is 0 Å². The minimum Gasteiger partial charge on any atom is -0.207 e. The van der Waals surface area contributed by atoms with Gasteiger partial charge in [0, 0.05) is 11.5 Å². The molecule has 0 aromatic carbocycles. The average molecular weight is 210 g/mol. The third-order valence-electron chi connectivity index (χ3n) is 1.78. The van der Waals surface area contributed by atoms with Crippen LogP contribution in [0.5, 0.6) is 0 Å². The molecule has 0 aromatic heterocycles. The highest BCUT2D eigenvalue weighted by Crippen LogP contribution is 2.18. The van der Waals surface area contributed by atoms with Gasteiger partial charge in [-0.25, -0.2) is 8.78 Å². The number of hydrogen-bond donors (Lipinski definition) is 0. The topological polar surface area (TPSA) is 0 Å². The van der Waals surface area contributed by atoms with E-state index < -0.39 is 11.7 Å². The number of hydrogen-bond acceptors (Lipinski definition) is 0. The molecule has 0 amide bonds. The molecule has 0 unspecified atom stereocenters. The lowest BCUT2D eigenvalue weighted by Crippen LogP contribution is -2.00. The molecule has 0 saturated carbocycles. The molecular weight excluding hydrogens is 194 g/mol. The molecule has 0 N–H and O–H groups in total. The van der Waals surface area contributed by atoms with Crippen molar-refractivity contribution in [1.29, 1.82) is 0 Å². The Morgan fingerprint density at radius 1 is 1.13 bits per heavy atom. The molecule has 0 aliphatic rings. The lowest BCUT2D eigenvalue weighted by atomic mass is 9.93. The van der Waals surface area contributed by atoms with Crippen LogP contribution in [0.3, 0.4) is 0 Å². The molecular formula is C13H16F2. The number of allylic oxidation sites excluding steroid dienone is 8. The van der Waals surface area contributed by atoms with Crippen LogP contribution in [-0.4, -0.2) is 0 Å². The molecule has 0 fully saturated rings. The first-order chi connectivity index (χ1) is 6.91. The zero-order chi connectivity index (χ0) is 11.9. The predicted octanol–water partition coefficient (Wildman–Crippen LogP) is 4.65. The molecule has 0 nitrogen and oxygen atoms in total. The van der Waals surface area contributed by atoms with Gasteiger partial charge in [0.15, 0.2) is 0 Å². The van der Waals surface area contributed by atoms with Gasteiger partial charge in [0.1, 0.15) is 11.7 Å². The minimum atomic E-state index is -0.694. The lowest BCUT2D eigenvalue weighted by Gasteiger charge is -2.12. The van der Waals surface area contributed by atoms with Gasteiger partial charge >= 0.3 is 0 Å².